The largest absolute Gasteiger partial charge is 0.494 e. The smallest absolute Gasteiger partial charge is 0.271 e. The Morgan fingerprint density at radius 2 is 1.83 bits per heavy atom. The molecule has 0 atom stereocenters. The Balaban J connectivity index is 1.85. The molecule has 0 heterocycles. The van der Waals surface area contributed by atoms with Gasteiger partial charge in [0.15, 0.2) is 0 Å². The van der Waals surface area contributed by atoms with Crippen LogP contribution in [0.3, 0.4) is 0 Å². The fraction of sp³-hybridized carbons (Fsp3) is 0.263. The lowest BCUT2D eigenvalue weighted by Gasteiger charge is -2.05. The van der Waals surface area contributed by atoms with E-state index in [9.17, 15) is 4.79 Å². The second-order valence-corrected chi connectivity index (χ2v) is 5.34. The van der Waals surface area contributed by atoms with Crippen LogP contribution in [0, 0.1) is 6.92 Å². The fourth-order valence-electron chi connectivity index (χ4n) is 1.92. The number of ether oxygens (including phenoxy) is 1. The van der Waals surface area contributed by atoms with Crippen molar-refractivity contribution in [2.75, 3.05) is 6.61 Å². The van der Waals surface area contributed by atoms with Gasteiger partial charge < -0.3 is 4.74 Å². The van der Waals surface area contributed by atoms with Crippen LogP contribution >= 0.6 is 0 Å². The van der Waals surface area contributed by atoms with Gasteiger partial charge in [0, 0.05) is 5.56 Å². The van der Waals surface area contributed by atoms with Crippen LogP contribution in [0.15, 0.2) is 53.6 Å². The van der Waals surface area contributed by atoms with Gasteiger partial charge in [-0.2, -0.15) is 5.10 Å². The summed E-state index contributed by atoms with van der Waals surface area (Å²) in [6.07, 6.45) is 3.78. The Bertz CT molecular complexity index is 646. The predicted octanol–water partition coefficient (Wildman–Crippen LogP) is 3.94. The molecule has 0 aliphatic rings. The highest BCUT2D eigenvalue weighted by molar-refractivity contribution is 5.94. The highest BCUT2D eigenvalue weighted by Crippen LogP contribution is 2.11. The monoisotopic (exact) mass is 310 g/mol. The summed E-state index contributed by atoms with van der Waals surface area (Å²) >= 11 is 0. The average Bonchev–Trinajstić information content (AvgIpc) is 2.57. The van der Waals surface area contributed by atoms with E-state index < -0.39 is 0 Å². The van der Waals surface area contributed by atoms with Crippen LogP contribution < -0.4 is 10.2 Å². The fourth-order valence-corrected chi connectivity index (χ4v) is 1.92. The number of carbonyl (C=O) groups is 1. The summed E-state index contributed by atoms with van der Waals surface area (Å²) in [6, 6.07) is 15.0. The van der Waals surface area contributed by atoms with Crippen molar-refractivity contribution in [2.24, 2.45) is 5.10 Å². The Morgan fingerprint density at radius 1 is 1.13 bits per heavy atom. The number of aryl methyl sites for hydroxylation is 1. The van der Waals surface area contributed by atoms with Crippen molar-refractivity contribution in [3.05, 3.63) is 65.2 Å². The molecule has 1 amide bonds. The lowest BCUT2D eigenvalue weighted by molar-refractivity contribution is 0.0955. The van der Waals surface area contributed by atoms with Crippen molar-refractivity contribution in [3.63, 3.8) is 0 Å². The van der Waals surface area contributed by atoms with Crippen LogP contribution in [0.25, 0.3) is 0 Å². The average molecular weight is 310 g/mol. The Hall–Kier alpha value is -2.62. The number of nitrogens with zero attached hydrogens (tertiary/aromatic N) is 1. The van der Waals surface area contributed by atoms with Gasteiger partial charge in [-0.3, -0.25) is 4.79 Å². The highest BCUT2D eigenvalue weighted by Gasteiger charge is 2.02. The number of rotatable bonds is 7. The minimum atomic E-state index is -0.222. The molecule has 0 aliphatic heterocycles. The number of hydrogen-bond acceptors (Lipinski definition) is 3. The van der Waals surface area contributed by atoms with E-state index in [2.05, 4.69) is 17.5 Å². The van der Waals surface area contributed by atoms with Gasteiger partial charge in [0.2, 0.25) is 0 Å². The van der Waals surface area contributed by atoms with E-state index in [4.69, 9.17) is 4.74 Å². The van der Waals surface area contributed by atoms with Gasteiger partial charge in [0.1, 0.15) is 5.75 Å². The van der Waals surface area contributed by atoms with E-state index in [1.807, 2.05) is 43.3 Å². The Morgan fingerprint density at radius 3 is 2.48 bits per heavy atom. The maximum absolute atomic E-state index is 11.9. The number of hydrogen-bond donors (Lipinski definition) is 1. The summed E-state index contributed by atoms with van der Waals surface area (Å²) in [6.45, 7) is 4.85. The van der Waals surface area contributed by atoms with Crippen molar-refractivity contribution in [1.82, 2.24) is 5.43 Å². The lowest BCUT2D eigenvalue weighted by atomic mass is 10.1. The molecule has 0 aliphatic carbocycles. The van der Waals surface area contributed by atoms with E-state index in [1.54, 1.807) is 18.3 Å². The molecule has 0 radical (unpaired) electrons. The maximum Gasteiger partial charge on any atom is 0.271 e. The minimum absolute atomic E-state index is 0.222. The molecule has 1 N–H and O–H groups in total. The van der Waals surface area contributed by atoms with Crippen molar-refractivity contribution in [2.45, 2.75) is 26.7 Å². The zero-order chi connectivity index (χ0) is 16.5. The SMILES string of the molecule is CCCCOc1ccc(/C=N/NC(=O)c2ccc(C)cc2)cc1. The first-order valence-corrected chi connectivity index (χ1v) is 7.82. The minimum Gasteiger partial charge on any atom is -0.494 e. The standard InChI is InChI=1S/C19H22N2O2/c1-3-4-13-23-18-11-7-16(8-12-18)14-20-21-19(22)17-9-5-15(2)6-10-17/h5-12,14H,3-4,13H2,1-2H3,(H,21,22)/b20-14+. The normalized spacial score (nSPS) is 10.7. The Labute approximate surface area is 137 Å². The summed E-state index contributed by atoms with van der Waals surface area (Å²) in [7, 11) is 0. The van der Waals surface area contributed by atoms with Crippen LogP contribution in [-0.4, -0.2) is 18.7 Å². The van der Waals surface area contributed by atoms with Crippen LogP contribution in [0.1, 0.15) is 41.3 Å². The quantitative estimate of drug-likeness (QED) is 0.478. The molecule has 4 nitrogen and oxygen atoms in total. The molecule has 0 saturated carbocycles. The molecular weight excluding hydrogens is 288 g/mol. The third-order valence-electron chi connectivity index (χ3n) is 3.34. The first kappa shape index (κ1) is 16.7. The Kier molecular flexibility index (Phi) is 6.36. The zero-order valence-corrected chi connectivity index (χ0v) is 13.6. The molecular formula is C19H22N2O2. The summed E-state index contributed by atoms with van der Waals surface area (Å²) < 4.78 is 5.60. The summed E-state index contributed by atoms with van der Waals surface area (Å²) in [5.41, 5.74) is 5.13. The molecule has 2 aromatic rings. The maximum atomic E-state index is 11.9. The first-order chi connectivity index (χ1) is 11.2. The van der Waals surface area contributed by atoms with Crippen molar-refractivity contribution in [3.8, 4) is 5.75 Å². The number of unbranched alkanes of at least 4 members (excludes halogenated alkanes) is 1. The van der Waals surface area contributed by atoms with E-state index in [1.165, 1.54) is 0 Å². The van der Waals surface area contributed by atoms with E-state index >= 15 is 0 Å². The van der Waals surface area contributed by atoms with E-state index in [0.29, 0.717) is 5.56 Å². The third kappa shape index (κ3) is 5.58. The number of amides is 1. The second kappa shape index (κ2) is 8.73. The second-order valence-electron chi connectivity index (χ2n) is 5.34. The number of hydrazone groups is 1. The van der Waals surface area contributed by atoms with Gasteiger partial charge in [-0.15, -0.1) is 0 Å². The number of nitrogens with one attached hydrogen (secondary N) is 1. The topological polar surface area (TPSA) is 50.7 Å². The van der Waals surface area contributed by atoms with E-state index in [-0.39, 0.29) is 5.91 Å². The van der Waals surface area contributed by atoms with Gasteiger partial charge >= 0.3 is 0 Å². The van der Waals surface area contributed by atoms with Crippen molar-refractivity contribution >= 4 is 12.1 Å². The van der Waals surface area contributed by atoms with Gasteiger partial charge in [-0.25, -0.2) is 5.43 Å². The van der Waals surface area contributed by atoms with Crippen molar-refractivity contribution < 1.29 is 9.53 Å². The summed E-state index contributed by atoms with van der Waals surface area (Å²) in [4.78, 5) is 11.9. The predicted molar refractivity (Wildman–Crippen MR) is 93.1 cm³/mol. The molecule has 23 heavy (non-hydrogen) atoms. The molecule has 0 saturated heterocycles. The summed E-state index contributed by atoms with van der Waals surface area (Å²) in [5.74, 6) is 0.625. The van der Waals surface area contributed by atoms with Crippen LogP contribution in [0.5, 0.6) is 5.75 Å². The van der Waals surface area contributed by atoms with Gasteiger partial charge in [-0.1, -0.05) is 31.0 Å². The molecule has 0 bridgehead atoms. The molecule has 120 valence electrons. The van der Waals surface area contributed by atoms with Crippen LogP contribution in [0.2, 0.25) is 0 Å². The van der Waals surface area contributed by atoms with Crippen molar-refractivity contribution in [1.29, 1.82) is 0 Å². The molecule has 0 fully saturated rings. The molecule has 0 unspecified atom stereocenters. The lowest BCUT2D eigenvalue weighted by Crippen LogP contribution is -2.17. The molecule has 2 rings (SSSR count). The van der Waals surface area contributed by atoms with Gasteiger partial charge in [0.25, 0.3) is 5.91 Å². The molecule has 0 spiro atoms. The van der Waals surface area contributed by atoms with Gasteiger partial charge in [0.05, 0.1) is 12.8 Å². The van der Waals surface area contributed by atoms with Crippen LogP contribution in [-0.2, 0) is 0 Å². The number of carbonyl (C=O) groups excluding carboxylic acids is 1. The third-order valence-corrected chi connectivity index (χ3v) is 3.34. The van der Waals surface area contributed by atoms with Crippen LogP contribution in [0.4, 0.5) is 0 Å². The molecule has 4 heteroatoms. The summed E-state index contributed by atoms with van der Waals surface area (Å²) in [5, 5.41) is 3.98. The molecule has 2 aromatic carbocycles. The van der Waals surface area contributed by atoms with E-state index in [0.717, 1.165) is 36.3 Å². The highest BCUT2D eigenvalue weighted by atomic mass is 16.5. The number of benzene rings is 2. The zero-order valence-electron chi connectivity index (χ0n) is 13.6. The van der Waals surface area contributed by atoms with Gasteiger partial charge in [-0.05, 0) is 55.3 Å². The first-order valence-electron chi connectivity index (χ1n) is 7.82. The molecule has 0 aromatic heterocycles.